The summed E-state index contributed by atoms with van der Waals surface area (Å²) in [7, 11) is -3.57. The topological polar surface area (TPSA) is 106 Å². The van der Waals surface area contributed by atoms with Crippen LogP contribution in [0.25, 0.3) is 0 Å². The van der Waals surface area contributed by atoms with E-state index in [-0.39, 0.29) is 22.4 Å². The number of aromatic amines is 1. The number of carbonyl (C=O) groups excluding carboxylic acids is 2. The van der Waals surface area contributed by atoms with Crippen molar-refractivity contribution in [2.24, 2.45) is 0 Å². The number of nitrogens with zero attached hydrogens (tertiary/aromatic N) is 3. The van der Waals surface area contributed by atoms with Gasteiger partial charge in [-0.2, -0.15) is 16.1 Å². The van der Waals surface area contributed by atoms with Crippen LogP contribution < -0.4 is 5.32 Å². The van der Waals surface area contributed by atoms with Crippen LogP contribution in [0.4, 0.5) is 0 Å². The number of sulfonamides is 1. The summed E-state index contributed by atoms with van der Waals surface area (Å²) in [6, 6.07) is 1.43. The van der Waals surface area contributed by atoms with Gasteiger partial charge in [-0.1, -0.05) is 0 Å². The first-order valence-corrected chi connectivity index (χ1v) is 12.1. The molecule has 28 heavy (non-hydrogen) atoms. The highest BCUT2D eigenvalue weighted by Crippen LogP contribution is 2.21. The maximum Gasteiger partial charge on any atom is 0.270 e. The minimum atomic E-state index is -3.57. The molecule has 0 unspecified atom stereocenters. The molecule has 1 aromatic heterocycles. The number of likely N-dealkylation sites (N-methyl/N-ethyl adjacent to an activating group) is 1. The van der Waals surface area contributed by atoms with Crippen molar-refractivity contribution in [3.05, 3.63) is 18.0 Å². The van der Waals surface area contributed by atoms with Gasteiger partial charge in [-0.15, -0.1) is 0 Å². The monoisotopic (exact) mass is 429 g/mol. The molecule has 0 spiro atoms. The van der Waals surface area contributed by atoms with Crippen molar-refractivity contribution >= 4 is 33.6 Å². The van der Waals surface area contributed by atoms with E-state index < -0.39 is 10.0 Å². The van der Waals surface area contributed by atoms with Crippen LogP contribution in [0.15, 0.2) is 17.2 Å². The van der Waals surface area contributed by atoms with E-state index in [0.717, 1.165) is 11.5 Å². The van der Waals surface area contributed by atoms with Gasteiger partial charge in [-0.25, -0.2) is 8.42 Å². The van der Waals surface area contributed by atoms with Crippen LogP contribution in [-0.4, -0.2) is 103 Å². The van der Waals surface area contributed by atoms with Gasteiger partial charge in [-0.05, 0) is 13.0 Å². The summed E-state index contributed by atoms with van der Waals surface area (Å²) in [4.78, 5) is 31.1. The van der Waals surface area contributed by atoms with Gasteiger partial charge >= 0.3 is 0 Å². The maximum absolute atomic E-state index is 12.7. The predicted molar refractivity (Wildman–Crippen MR) is 108 cm³/mol. The van der Waals surface area contributed by atoms with Crippen molar-refractivity contribution < 1.29 is 18.0 Å². The molecule has 9 nitrogen and oxygen atoms in total. The Bertz CT molecular complexity index is 796. The summed E-state index contributed by atoms with van der Waals surface area (Å²) in [6.45, 7) is 6.03. The minimum absolute atomic E-state index is 0.0161. The van der Waals surface area contributed by atoms with Gasteiger partial charge in [0.25, 0.3) is 5.91 Å². The number of hydrogen-bond acceptors (Lipinski definition) is 6. The Morgan fingerprint density at radius 1 is 1.14 bits per heavy atom. The Morgan fingerprint density at radius 3 is 2.46 bits per heavy atom. The summed E-state index contributed by atoms with van der Waals surface area (Å²) in [5.41, 5.74) is 0.280. The van der Waals surface area contributed by atoms with Gasteiger partial charge < -0.3 is 15.2 Å². The van der Waals surface area contributed by atoms with E-state index in [2.05, 4.69) is 10.3 Å². The molecule has 2 N–H and O–H groups in total. The Balaban J connectivity index is 1.58. The van der Waals surface area contributed by atoms with Crippen LogP contribution >= 0.6 is 11.8 Å². The standard InChI is InChI=1S/C17H27N5O4S2/c1-2-18-16(23)13-20-3-5-21(6-4-20)17(24)15-11-14(12-19-15)28(25,26)22-7-9-27-10-8-22/h11-12,19H,2-10,13H2,1H3,(H,18,23). The molecular formula is C17H27N5O4S2. The summed E-state index contributed by atoms with van der Waals surface area (Å²) in [5, 5.41) is 2.77. The second-order valence-corrected chi connectivity index (χ2v) is 9.95. The molecule has 11 heteroatoms. The second kappa shape index (κ2) is 9.29. The van der Waals surface area contributed by atoms with Crippen LogP contribution in [0, 0.1) is 0 Å². The fraction of sp³-hybridized carbons (Fsp3) is 0.647. The molecule has 3 heterocycles. The van der Waals surface area contributed by atoms with E-state index in [1.54, 1.807) is 16.7 Å². The normalized spacial score (nSPS) is 19.5. The highest BCUT2D eigenvalue weighted by molar-refractivity contribution is 7.99. The molecule has 0 atom stereocenters. The number of hydrogen-bond donors (Lipinski definition) is 2. The summed E-state index contributed by atoms with van der Waals surface area (Å²) >= 11 is 1.74. The summed E-state index contributed by atoms with van der Waals surface area (Å²) < 4.78 is 26.9. The minimum Gasteiger partial charge on any atom is -0.356 e. The zero-order valence-corrected chi connectivity index (χ0v) is 17.6. The lowest BCUT2D eigenvalue weighted by Crippen LogP contribution is -2.51. The van der Waals surface area contributed by atoms with Crippen LogP contribution in [0.3, 0.4) is 0 Å². The Kier molecular flexibility index (Phi) is 7.02. The average Bonchev–Trinajstić information content (AvgIpc) is 3.20. The Hall–Kier alpha value is -1.56. The molecule has 0 bridgehead atoms. The third kappa shape index (κ3) is 4.88. The molecule has 2 saturated heterocycles. The number of rotatable bonds is 6. The van der Waals surface area contributed by atoms with Gasteiger partial charge in [0.2, 0.25) is 15.9 Å². The van der Waals surface area contributed by atoms with Crippen LogP contribution in [0.5, 0.6) is 0 Å². The number of piperazine rings is 1. The maximum atomic E-state index is 12.7. The number of aromatic nitrogens is 1. The van der Waals surface area contributed by atoms with Crippen molar-refractivity contribution in [1.82, 2.24) is 24.4 Å². The lowest BCUT2D eigenvalue weighted by atomic mass is 10.2. The fourth-order valence-corrected chi connectivity index (χ4v) is 5.89. The van der Waals surface area contributed by atoms with Crippen molar-refractivity contribution in [2.45, 2.75) is 11.8 Å². The zero-order chi connectivity index (χ0) is 20.1. The van der Waals surface area contributed by atoms with E-state index in [4.69, 9.17) is 0 Å². The molecule has 156 valence electrons. The van der Waals surface area contributed by atoms with Crippen molar-refractivity contribution in [3.8, 4) is 0 Å². The molecule has 1 aromatic rings. The van der Waals surface area contributed by atoms with Crippen LogP contribution in [-0.2, 0) is 14.8 Å². The van der Waals surface area contributed by atoms with Crippen molar-refractivity contribution in [2.75, 3.05) is 63.9 Å². The zero-order valence-electron chi connectivity index (χ0n) is 16.0. The molecule has 0 saturated carbocycles. The summed E-state index contributed by atoms with van der Waals surface area (Å²) in [5.74, 6) is 1.34. The molecule has 3 rings (SSSR count). The third-order valence-electron chi connectivity index (χ3n) is 4.90. The highest BCUT2D eigenvalue weighted by atomic mass is 32.2. The van der Waals surface area contributed by atoms with Gasteiger partial charge in [0.15, 0.2) is 0 Å². The molecule has 2 fully saturated rings. The van der Waals surface area contributed by atoms with Crippen LogP contribution in [0.1, 0.15) is 17.4 Å². The van der Waals surface area contributed by atoms with Gasteiger partial charge in [0.05, 0.1) is 6.54 Å². The quantitative estimate of drug-likeness (QED) is 0.640. The number of nitrogens with one attached hydrogen (secondary N) is 2. The number of carbonyl (C=O) groups is 2. The fourth-order valence-electron chi connectivity index (χ4n) is 3.32. The predicted octanol–water partition coefficient (Wildman–Crippen LogP) is -0.354. The van der Waals surface area contributed by atoms with E-state index >= 15 is 0 Å². The first-order valence-electron chi connectivity index (χ1n) is 9.46. The van der Waals surface area contributed by atoms with Gasteiger partial charge in [-0.3, -0.25) is 14.5 Å². The van der Waals surface area contributed by atoms with E-state index in [9.17, 15) is 18.0 Å². The van der Waals surface area contributed by atoms with E-state index in [1.807, 2.05) is 11.8 Å². The Labute approximate surface area is 169 Å². The first-order chi connectivity index (χ1) is 13.4. The SMILES string of the molecule is CCNC(=O)CN1CCN(C(=O)c2cc(S(=O)(=O)N3CCSCC3)c[nH]2)CC1. The molecule has 2 aliphatic heterocycles. The summed E-state index contributed by atoms with van der Waals surface area (Å²) in [6.07, 6.45) is 1.40. The lowest BCUT2D eigenvalue weighted by molar-refractivity contribution is -0.122. The molecule has 0 aliphatic carbocycles. The third-order valence-corrected chi connectivity index (χ3v) is 7.71. The van der Waals surface area contributed by atoms with E-state index in [1.165, 1.54) is 16.6 Å². The van der Waals surface area contributed by atoms with Crippen LogP contribution in [0.2, 0.25) is 0 Å². The molecule has 0 radical (unpaired) electrons. The van der Waals surface area contributed by atoms with Crippen molar-refractivity contribution in [1.29, 1.82) is 0 Å². The lowest BCUT2D eigenvalue weighted by Gasteiger charge is -2.34. The molecule has 2 amide bonds. The highest BCUT2D eigenvalue weighted by Gasteiger charge is 2.29. The Morgan fingerprint density at radius 2 is 1.82 bits per heavy atom. The van der Waals surface area contributed by atoms with Gasteiger partial charge in [0.1, 0.15) is 10.6 Å². The van der Waals surface area contributed by atoms with Gasteiger partial charge in [0, 0.05) is 63.5 Å². The smallest absolute Gasteiger partial charge is 0.270 e. The largest absolute Gasteiger partial charge is 0.356 e. The number of amides is 2. The van der Waals surface area contributed by atoms with E-state index in [0.29, 0.717) is 52.4 Å². The molecule has 0 aromatic carbocycles. The first kappa shape index (κ1) is 21.2. The average molecular weight is 430 g/mol. The number of thioether (sulfide) groups is 1. The molecular weight excluding hydrogens is 402 g/mol. The number of H-pyrrole nitrogens is 1. The second-order valence-electron chi connectivity index (χ2n) is 6.79. The van der Waals surface area contributed by atoms with Crippen molar-refractivity contribution in [3.63, 3.8) is 0 Å². The molecule has 2 aliphatic rings.